The number of carbonyl (C=O) groups is 2. The van der Waals surface area contributed by atoms with Gasteiger partial charge in [-0.2, -0.15) is 0 Å². The fourth-order valence-corrected chi connectivity index (χ4v) is 6.53. The van der Waals surface area contributed by atoms with Crippen molar-refractivity contribution in [3.8, 4) is 0 Å². The van der Waals surface area contributed by atoms with Crippen LogP contribution in [0.15, 0.2) is 97.2 Å². The van der Waals surface area contributed by atoms with Crippen LogP contribution in [-0.2, 0) is 14.3 Å². The number of unbranched alkanes of at least 4 members (excludes halogenated alkanes) is 16. The number of aliphatic hydroxyl groups excluding tert-OH is 2. The Balaban J connectivity index is 4.74. The number of esters is 1. The summed E-state index contributed by atoms with van der Waals surface area (Å²) in [7, 11) is 0. The Hall–Kier alpha value is -3.22. The average molecular weight is 806 g/mol. The summed E-state index contributed by atoms with van der Waals surface area (Å²) in [5, 5.41) is 23.6. The number of carbonyl (C=O) groups excluding carboxylic acids is 2. The lowest BCUT2D eigenvalue weighted by atomic mass is 10.0. The molecule has 0 aromatic rings. The minimum absolute atomic E-state index is 0.0175. The summed E-state index contributed by atoms with van der Waals surface area (Å²) in [6.07, 6.45) is 59.0. The van der Waals surface area contributed by atoms with E-state index >= 15 is 0 Å². The summed E-state index contributed by atoms with van der Waals surface area (Å²) < 4.78 is 5.87. The van der Waals surface area contributed by atoms with Crippen molar-refractivity contribution in [3.05, 3.63) is 97.2 Å². The molecule has 0 radical (unpaired) electrons. The van der Waals surface area contributed by atoms with Crippen molar-refractivity contribution in [1.82, 2.24) is 5.32 Å². The first-order valence-electron chi connectivity index (χ1n) is 23.5. The van der Waals surface area contributed by atoms with Gasteiger partial charge in [-0.15, -0.1) is 0 Å². The van der Waals surface area contributed by atoms with Crippen LogP contribution >= 0.6 is 0 Å². The molecule has 3 N–H and O–H groups in total. The quantitative estimate of drug-likeness (QED) is 0.0248. The smallest absolute Gasteiger partial charge is 0.306 e. The van der Waals surface area contributed by atoms with Crippen LogP contribution in [0.25, 0.3) is 0 Å². The van der Waals surface area contributed by atoms with E-state index in [1.807, 2.05) is 48.6 Å². The van der Waals surface area contributed by atoms with E-state index < -0.39 is 18.2 Å². The van der Waals surface area contributed by atoms with Gasteiger partial charge in [0.2, 0.25) is 5.91 Å². The summed E-state index contributed by atoms with van der Waals surface area (Å²) in [4.78, 5) is 26.0. The van der Waals surface area contributed by atoms with Crippen LogP contribution < -0.4 is 5.32 Å². The van der Waals surface area contributed by atoms with Crippen molar-refractivity contribution < 1.29 is 24.5 Å². The van der Waals surface area contributed by atoms with Crippen LogP contribution in [0, 0.1) is 0 Å². The molecule has 0 fully saturated rings. The molecular formula is C52H87NO5. The number of amides is 1. The van der Waals surface area contributed by atoms with Crippen molar-refractivity contribution in [2.75, 3.05) is 6.61 Å². The molecule has 0 aromatic heterocycles. The predicted octanol–water partition coefficient (Wildman–Crippen LogP) is 13.8. The standard InChI is InChI=1S/C52H87NO5/c1-4-7-10-13-16-19-22-24-25-26-28-30-33-36-39-42-45-52(57)58-48(43-40-37-34-31-29-27-23-20-17-14-11-8-5-2)46-51(56)53-49(47-54)50(55)44-41-38-35-32-21-18-15-12-9-6-3/h7-8,10-11,14,16-17,19-20,23-25,27,29,31,34,48-50,54-55H,4-6,9,12-13,15,18,21-22,26,28,30,32-33,35-47H2,1-3H3,(H,53,56)/b10-7+,11-8+,17-14+,19-16+,23-20-,25-24+,29-27-,34-31+. The summed E-state index contributed by atoms with van der Waals surface area (Å²) in [6.45, 7) is 6.17. The van der Waals surface area contributed by atoms with Gasteiger partial charge in [0, 0.05) is 6.42 Å². The van der Waals surface area contributed by atoms with Crippen molar-refractivity contribution in [1.29, 1.82) is 0 Å². The molecule has 330 valence electrons. The van der Waals surface area contributed by atoms with Crippen molar-refractivity contribution in [3.63, 3.8) is 0 Å². The summed E-state index contributed by atoms with van der Waals surface area (Å²) in [5.41, 5.74) is 0. The van der Waals surface area contributed by atoms with E-state index in [1.54, 1.807) is 0 Å². The molecule has 0 saturated heterocycles. The highest BCUT2D eigenvalue weighted by molar-refractivity contribution is 5.77. The molecule has 3 atom stereocenters. The number of hydrogen-bond donors (Lipinski definition) is 3. The van der Waals surface area contributed by atoms with Crippen LogP contribution in [0.2, 0.25) is 0 Å². The zero-order chi connectivity index (χ0) is 42.4. The Morgan fingerprint density at radius 2 is 1.03 bits per heavy atom. The minimum atomic E-state index is -0.812. The molecule has 58 heavy (non-hydrogen) atoms. The summed E-state index contributed by atoms with van der Waals surface area (Å²) >= 11 is 0. The third-order valence-electron chi connectivity index (χ3n) is 10.0. The first kappa shape index (κ1) is 54.8. The molecule has 6 nitrogen and oxygen atoms in total. The maximum absolute atomic E-state index is 13.1. The van der Waals surface area contributed by atoms with E-state index in [1.165, 1.54) is 64.2 Å². The van der Waals surface area contributed by atoms with Crippen LogP contribution in [0.3, 0.4) is 0 Å². The normalized spacial score (nSPS) is 14.2. The molecule has 3 unspecified atom stereocenters. The number of rotatable bonds is 40. The first-order valence-corrected chi connectivity index (χ1v) is 23.5. The van der Waals surface area contributed by atoms with Crippen LogP contribution in [0.5, 0.6) is 0 Å². The molecule has 0 aliphatic rings. The Bertz CT molecular complexity index is 1180. The highest BCUT2D eigenvalue weighted by Crippen LogP contribution is 2.16. The third-order valence-corrected chi connectivity index (χ3v) is 10.0. The predicted molar refractivity (Wildman–Crippen MR) is 250 cm³/mol. The monoisotopic (exact) mass is 806 g/mol. The molecule has 0 saturated carbocycles. The third kappa shape index (κ3) is 39.6. The maximum Gasteiger partial charge on any atom is 0.306 e. The lowest BCUT2D eigenvalue weighted by molar-refractivity contribution is -0.151. The van der Waals surface area contributed by atoms with Gasteiger partial charge in [-0.05, 0) is 70.6 Å². The molecule has 0 heterocycles. The Morgan fingerprint density at radius 3 is 1.64 bits per heavy atom. The molecule has 0 aliphatic carbocycles. The van der Waals surface area contributed by atoms with Gasteiger partial charge >= 0.3 is 5.97 Å². The minimum Gasteiger partial charge on any atom is -0.462 e. The Morgan fingerprint density at radius 1 is 0.534 bits per heavy atom. The van der Waals surface area contributed by atoms with Gasteiger partial charge in [0.1, 0.15) is 6.10 Å². The van der Waals surface area contributed by atoms with E-state index in [2.05, 4.69) is 74.7 Å². The van der Waals surface area contributed by atoms with Crippen molar-refractivity contribution in [2.24, 2.45) is 0 Å². The number of nitrogens with one attached hydrogen (secondary N) is 1. The average Bonchev–Trinajstić information content (AvgIpc) is 3.22. The van der Waals surface area contributed by atoms with Gasteiger partial charge < -0.3 is 20.3 Å². The fraction of sp³-hybridized carbons (Fsp3) is 0.654. The second-order valence-electron chi connectivity index (χ2n) is 15.5. The van der Waals surface area contributed by atoms with Crippen molar-refractivity contribution >= 4 is 11.9 Å². The van der Waals surface area contributed by atoms with E-state index in [-0.39, 0.29) is 24.9 Å². The van der Waals surface area contributed by atoms with Crippen molar-refractivity contribution in [2.45, 2.75) is 212 Å². The number of hydrogen-bond acceptors (Lipinski definition) is 5. The highest BCUT2D eigenvalue weighted by atomic mass is 16.5. The topological polar surface area (TPSA) is 95.9 Å². The highest BCUT2D eigenvalue weighted by Gasteiger charge is 2.24. The maximum atomic E-state index is 13.1. The lowest BCUT2D eigenvalue weighted by Crippen LogP contribution is -2.46. The van der Waals surface area contributed by atoms with Gasteiger partial charge in [-0.25, -0.2) is 0 Å². The number of aliphatic hydroxyl groups is 2. The van der Waals surface area contributed by atoms with Crippen LogP contribution in [0.4, 0.5) is 0 Å². The lowest BCUT2D eigenvalue weighted by Gasteiger charge is -2.24. The summed E-state index contributed by atoms with van der Waals surface area (Å²) in [6, 6.07) is -0.731. The van der Waals surface area contributed by atoms with Gasteiger partial charge in [-0.1, -0.05) is 208 Å². The van der Waals surface area contributed by atoms with Crippen LogP contribution in [-0.4, -0.2) is 46.9 Å². The molecule has 1 amide bonds. The second-order valence-corrected chi connectivity index (χ2v) is 15.5. The number of allylic oxidation sites excluding steroid dienone is 16. The van der Waals surface area contributed by atoms with E-state index in [4.69, 9.17) is 4.74 Å². The summed E-state index contributed by atoms with van der Waals surface area (Å²) in [5.74, 6) is -0.572. The molecule has 0 aromatic carbocycles. The molecule has 6 heteroatoms. The molecule has 0 aliphatic heterocycles. The van der Waals surface area contributed by atoms with Gasteiger partial charge in [0.15, 0.2) is 0 Å². The van der Waals surface area contributed by atoms with Gasteiger partial charge in [0.25, 0.3) is 0 Å². The zero-order valence-corrected chi connectivity index (χ0v) is 37.4. The Labute approximate surface area is 356 Å². The molecule has 0 bridgehead atoms. The fourth-order valence-electron chi connectivity index (χ4n) is 6.53. The van der Waals surface area contributed by atoms with E-state index in [0.29, 0.717) is 19.3 Å². The molecule has 0 spiro atoms. The second kappa shape index (κ2) is 44.9. The number of ether oxygens (including phenoxy) is 1. The Kier molecular flexibility index (Phi) is 42.4. The van der Waals surface area contributed by atoms with Crippen LogP contribution in [0.1, 0.15) is 194 Å². The van der Waals surface area contributed by atoms with E-state index in [9.17, 15) is 19.8 Å². The van der Waals surface area contributed by atoms with Gasteiger partial charge in [0.05, 0.1) is 25.2 Å². The first-order chi connectivity index (χ1) is 28.5. The van der Waals surface area contributed by atoms with E-state index in [0.717, 1.165) is 83.5 Å². The van der Waals surface area contributed by atoms with Gasteiger partial charge in [-0.3, -0.25) is 9.59 Å². The zero-order valence-electron chi connectivity index (χ0n) is 37.4. The molecule has 0 rings (SSSR count). The molecular weight excluding hydrogens is 719 g/mol. The SMILES string of the molecule is CC/C=C/C=C/C=C\C=C/C=C/CCCC(CC(=O)NC(CO)C(O)CCCCCCCCCCCC)OC(=O)CCCCCCCC/C=C/C/C=C/C/C=C/CC. The largest absolute Gasteiger partial charge is 0.462 e.